The van der Waals surface area contributed by atoms with Crippen molar-refractivity contribution >= 4 is 0 Å². The molecule has 0 aromatic carbocycles. The monoisotopic (exact) mass is 206 g/mol. The number of aromatic nitrogens is 2. The Morgan fingerprint density at radius 3 is 3.00 bits per heavy atom. The maximum absolute atomic E-state index is 5.41. The molecule has 15 heavy (non-hydrogen) atoms. The summed E-state index contributed by atoms with van der Waals surface area (Å²) in [7, 11) is 0. The molecule has 1 aromatic rings. The number of hydrogen-bond donors (Lipinski definition) is 2. The smallest absolute Gasteiger partial charge is 0.0604 e. The zero-order chi connectivity index (χ0) is 10.9. The lowest BCUT2D eigenvalue weighted by Crippen LogP contribution is -2.17. The molecular formula is C11H18N4. The van der Waals surface area contributed by atoms with E-state index < -0.39 is 0 Å². The highest BCUT2D eigenvalue weighted by atomic mass is 14.9. The summed E-state index contributed by atoms with van der Waals surface area (Å²) in [6.45, 7) is 5.48. The van der Waals surface area contributed by atoms with E-state index in [1.54, 1.807) is 18.6 Å². The van der Waals surface area contributed by atoms with Crippen LogP contribution in [0.1, 0.15) is 18.5 Å². The van der Waals surface area contributed by atoms with E-state index in [-0.39, 0.29) is 0 Å². The van der Waals surface area contributed by atoms with Crippen molar-refractivity contribution in [1.29, 1.82) is 0 Å². The van der Waals surface area contributed by atoms with Crippen molar-refractivity contribution in [1.82, 2.24) is 15.3 Å². The summed E-state index contributed by atoms with van der Waals surface area (Å²) in [5.74, 6) is 0. The van der Waals surface area contributed by atoms with Gasteiger partial charge in [-0.15, -0.1) is 0 Å². The molecule has 0 fully saturated rings. The second-order valence-corrected chi connectivity index (χ2v) is 3.37. The largest absolute Gasteiger partial charge is 0.388 e. The molecule has 4 heteroatoms. The summed E-state index contributed by atoms with van der Waals surface area (Å²) in [5.41, 5.74) is 7.45. The predicted octanol–water partition coefficient (Wildman–Crippen LogP) is 0.861. The van der Waals surface area contributed by atoms with Crippen molar-refractivity contribution in [2.45, 2.75) is 19.3 Å². The Kier molecular flexibility index (Phi) is 5.40. The molecule has 0 atom stereocenters. The average molecular weight is 206 g/mol. The minimum Gasteiger partial charge on any atom is -0.388 e. The molecule has 82 valence electrons. The van der Waals surface area contributed by atoms with Crippen LogP contribution >= 0.6 is 0 Å². The molecular weight excluding hydrogens is 188 g/mol. The molecule has 0 saturated heterocycles. The van der Waals surface area contributed by atoms with E-state index in [2.05, 4.69) is 21.9 Å². The molecule has 4 nitrogen and oxygen atoms in total. The summed E-state index contributed by atoms with van der Waals surface area (Å²) in [5, 5.41) is 3.25. The van der Waals surface area contributed by atoms with Gasteiger partial charge in [0.25, 0.3) is 0 Å². The lowest BCUT2D eigenvalue weighted by Gasteiger charge is -2.08. The van der Waals surface area contributed by atoms with E-state index in [1.165, 1.54) is 0 Å². The van der Waals surface area contributed by atoms with Gasteiger partial charge in [0.1, 0.15) is 0 Å². The second-order valence-electron chi connectivity index (χ2n) is 3.37. The van der Waals surface area contributed by atoms with Crippen molar-refractivity contribution in [3.63, 3.8) is 0 Å². The van der Waals surface area contributed by atoms with Gasteiger partial charge in [-0.2, -0.15) is 0 Å². The molecule has 3 N–H and O–H groups in total. The molecule has 0 saturated carbocycles. The van der Waals surface area contributed by atoms with E-state index in [0.717, 1.165) is 37.2 Å². The zero-order valence-electron chi connectivity index (χ0n) is 8.95. The Hall–Kier alpha value is -1.42. The highest BCUT2D eigenvalue weighted by Gasteiger charge is 1.95. The van der Waals surface area contributed by atoms with E-state index in [0.29, 0.717) is 6.54 Å². The molecule has 0 aliphatic rings. The highest BCUT2D eigenvalue weighted by molar-refractivity contribution is 4.97. The van der Waals surface area contributed by atoms with Crippen LogP contribution in [0.25, 0.3) is 0 Å². The number of nitrogens with one attached hydrogen (secondary N) is 1. The van der Waals surface area contributed by atoms with Gasteiger partial charge in [-0.05, 0) is 19.4 Å². The van der Waals surface area contributed by atoms with Gasteiger partial charge < -0.3 is 11.1 Å². The summed E-state index contributed by atoms with van der Waals surface area (Å²) in [6, 6.07) is 0. The number of rotatable bonds is 7. The minimum atomic E-state index is 0.713. The molecule has 0 spiro atoms. The van der Waals surface area contributed by atoms with Crippen LogP contribution in [-0.4, -0.2) is 23.1 Å². The zero-order valence-corrected chi connectivity index (χ0v) is 8.95. The normalized spacial score (nSPS) is 9.93. The van der Waals surface area contributed by atoms with Crippen molar-refractivity contribution in [2.24, 2.45) is 5.73 Å². The molecule has 0 unspecified atom stereocenters. The van der Waals surface area contributed by atoms with Crippen LogP contribution < -0.4 is 11.1 Å². The fraction of sp³-hybridized carbons (Fsp3) is 0.455. The first-order valence-corrected chi connectivity index (χ1v) is 5.19. The van der Waals surface area contributed by atoms with E-state index in [1.807, 2.05) is 0 Å². The van der Waals surface area contributed by atoms with Crippen molar-refractivity contribution in [3.05, 3.63) is 36.6 Å². The van der Waals surface area contributed by atoms with Gasteiger partial charge in [0.2, 0.25) is 0 Å². The Bertz CT molecular complexity index is 284. The first-order valence-electron chi connectivity index (χ1n) is 5.19. The van der Waals surface area contributed by atoms with Crippen LogP contribution in [0.5, 0.6) is 0 Å². The number of nitrogens with zero attached hydrogens (tertiary/aromatic N) is 2. The average Bonchev–Trinajstić information content (AvgIpc) is 2.28. The number of nitrogens with two attached hydrogens (primary N) is 1. The van der Waals surface area contributed by atoms with Crippen molar-refractivity contribution in [2.75, 3.05) is 13.1 Å². The molecule has 0 bridgehead atoms. The summed E-state index contributed by atoms with van der Waals surface area (Å²) in [6.07, 6.45) is 7.96. The summed E-state index contributed by atoms with van der Waals surface area (Å²) < 4.78 is 0. The Balaban J connectivity index is 2.14. The van der Waals surface area contributed by atoms with Crippen LogP contribution in [0.4, 0.5) is 0 Å². The van der Waals surface area contributed by atoms with Gasteiger partial charge in [-0.1, -0.05) is 6.58 Å². The van der Waals surface area contributed by atoms with Crippen LogP contribution in [0.3, 0.4) is 0 Å². The van der Waals surface area contributed by atoms with Crippen LogP contribution in [0.15, 0.2) is 30.9 Å². The number of hydrogen-bond acceptors (Lipinski definition) is 4. The molecule has 0 amide bonds. The third kappa shape index (κ3) is 5.12. The molecule has 0 radical (unpaired) electrons. The van der Waals surface area contributed by atoms with E-state index in [9.17, 15) is 0 Å². The fourth-order valence-electron chi connectivity index (χ4n) is 1.23. The standard InChI is InChI=1S/C11H18N4/c1-10(3-2-5-12)14-6-4-11-9-13-7-8-15-11/h7-9,14H,1-6,12H2. The van der Waals surface area contributed by atoms with E-state index >= 15 is 0 Å². The first kappa shape index (κ1) is 11.7. The summed E-state index contributed by atoms with van der Waals surface area (Å²) in [4.78, 5) is 8.19. The maximum atomic E-state index is 5.41. The molecule has 0 aliphatic carbocycles. The lowest BCUT2D eigenvalue weighted by atomic mass is 10.2. The third-order valence-corrected chi connectivity index (χ3v) is 2.06. The quantitative estimate of drug-likeness (QED) is 0.694. The molecule has 1 heterocycles. The van der Waals surface area contributed by atoms with Crippen LogP contribution in [0, 0.1) is 0 Å². The van der Waals surface area contributed by atoms with Gasteiger partial charge in [0.05, 0.1) is 5.69 Å². The van der Waals surface area contributed by atoms with Gasteiger partial charge in [-0.25, -0.2) is 0 Å². The van der Waals surface area contributed by atoms with Crippen molar-refractivity contribution in [3.8, 4) is 0 Å². The predicted molar refractivity (Wildman–Crippen MR) is 61.2 cm³/mol. The first-order chi connectivity index (χ1) is 7.33. The Morgan fingerprint density at radius 1 is 1.47 bits per heavy atom. The Morgan fingerprint density at radius 2 is 2.33 bits per heavy atom. The topological polar surface area (TPSA) is 63.8 Å². The number of allylic oxidation sites excluding steroid dienone is 1. The highest BCUT2D eigenvalue weighted by Crippen LogP contribution is 1.97. The third-order valence-electron chi connectivity index (χ3n) is 2.06. The van der Waals surface area contributed by atoms with Gasteiger partial charge in [-0.3, -0.25) is 9.97 Å². The van der Waals surface area contributed by atoms with Crippen LogP contribution in [-0.2, 0) is 6.42 Å². The fourth-order valence-corrected chi connectivity index (χ4v) is 1.23. The van der Waals surface area contributed by atoms with Gasteiger partial charge >= 0.3 is 0 Å². The molecule has 0 aliphatic heterocycles. The second kappa shape index (κ2) is 6.95. The SMILES string of the molecule is C=C(CCCN)NCCc1cnccn1. The van der Waals surface area contributed by atoms with Gasteiger partial charge in [0.15, 0.2) is 0 Å². The van der Waals surface area contributed by atoms with Crippen molar-refractivity contribution < 1.29 is 0 Å². The maximum Gasteiger partial charge on any atom is 0.0604 e. The lowest BCUT2D eigenvalue weighted by molar-refractivity contribution is 0.706. The van der Waals surface area contributed by atoms with Crippen LogP contribution in [0.2, 0.25) is 0 Å². The Labute approximate surface area is 90.6 Å². The van der Waals surface area contributed by atoms with E-state index in [4.69, 9.17) is 5.73 Å². The summed E-state index contributed by atoms with van der Waals surface area (Å²) >= 11 is 0. The minimum absolute atomic E-state index is 0.713. The van der Waals surface area contributed by atoms with Gasteiger partial charge in [0, 0.05) is 37.3 Å². The molecule has 1 rings (SSSR count). The molecule has 1 aromatic heterocycles.